The molecule has 6 nitrogen and oxygen atoms in total. The second kappa shape index (κ2) is 8.16. The molecule has 2 amide bonds. The number of urea groups is 1. The Balaban J connectivity index is 1.57. The maximum atomic E-state index is 12.5. The first-order valence-electron chi connectivity index (χ1n) is 8.88. The van der Waals surface area contributed by atoms with Gasteiger partial charge >= 0.3 is 6.03 Å². The van der Waals surface area contributed by atoms with E-state index in [1.807, 2.05) is 36.2 Å². The number of carbonyl (C=O) groups excluding carboxylic acids is 1. The quantitative estimate of drug-likeness (QED) is 0.909. The van der Waals surface area contributed by atoms with Crippen LogP contribution in [0.3, 0.4) is 0 Å². The summed E-state index contributed by atoms with van der Waals surface area (Å²) >= 11 is 0. The van der Waals surface area contributed by atoms with Gasteiger partial charge in [-0.25, -0.2) is 9.78 Å². The average molecular weight is 342 g/mol. The number of benzene rings is 1. The Bertz CT molecular complexity index is 686. The molecule has 134 valence electrons. The normalized spacial score (nSPS) is 20.5. The van der Waals surface area contributed by atoms with E-state index in [4.69, 9.17) is 4.74 Å². The third-order valence-corrected chi connectivity index (χ3v) is 4.46. The number of imidazole rings is 1. The molecule has 0 unspecified atom stereocenters. The molecule has 1 aromatic carbocycles. The summed E-state index contributed by atoms with van der Waals surface area (Å²) < 4.78 is 7.88. The summed E-state index contributed by atoms with van der Waals surface area (Å²) in [6.45, 7) is 6.53. The summed E-state index contributed by atoms with van der Waals surface area (Å²) in [6, 6.07) is 10.2. The van der Waals surface area contributed by atoms with E-state index < -0.39 is 0 Å². The van der Waals surface area contributed by atoms with Crippen molar-refractivity contribution in [3.63, 3.8) is 0 Å². The van der Waals surface area contributed by atoms with Crippen molar-refractivity contribution in [2.24, 2.45) is 0 Å². The molecular formula is C19H26N4O2. The molecule has 0 radical (unpaired) electrons. The smallest absolute Gasteiger partial charge is 0.317 e. The molecule has 2 atom stereocenters. The highest BCUT2D eigenvalue weighted by Gasteiger charge is 2.27. The number of rotatable bonds is 5. The van der Waals surface area contributed by atoms with E-state index in [1.165, 1.54) is 5.56 Å². The van der Waals surface area contributed by atoms with Crippen molar-refractivity contribution in [2.45, 2.75) is 45.6 Å². The molecule has 6 heteroatoms. The molecule has 1 aliphatic rings. The maximum absolute atomic E-state index is 12.5. The molecule has 3 rings (SSSR count). The Morgan fingerprint density at radius 3 is 2.88 bits per heavy atom. The second-order valence-electron chi connectivity index (χ2n) is 6.50. The predicted molar refractivity (Wildman–Crippen MR) is 96.2 cm³/mol. The molecule has 1 saturated heterocycles. The predicted octanol–water partition coefficient (Wildman–Crippen LogP) is 2.64. The Labute approximate surface area is 148 Å². The van der Waals surface area contributed by atoms with E-state index >= 15 is 0 Å². The molecular weight excluding hydrogens is 316 g/mol. The lowest BCUT2D eigenvalue weighted by atomic mass is 10.2. The summed E-state index contributed by atoms with van der Waals surface area (Å²) in [7, 11) is 0. The first kappa shape index (κ1) is 17.5. The van der Waals surface area contributed by atoms with Gasteiger partial charge in [0.25, 0.3) is 0 Å². The largest absolute Gasteiger partial charge is 0.372 e. The molecule has 0 bridgehead atoms. The van der Waals surface area contributed by atoms with Crippen molar-refractivity contribution in [2.75, 3.05) is 13.1 Å². The number of morpholine rings is 1. The Morgan fingerprint density at radius 1 is 1.32 bits per heavy atom. The van der Waals surface area contributed by atoms with Gasteiger partial charge in [-0.3, -0.25) is 0 Å². The highest BCUT2D eigenvalue weighted by Crippen LogP contribution is 2.13. The summed E-state index contributed by atoms with van der Waals surface area (Å²) in [5, 5.41) is 2.99. The zero-order valence-corrected chi connectivity index (χ0v) is 14.9. The van der Waals surface area contributed by atoms with Crippen molar-refractivity contribution in [3.05, 3.63) is 54.1 Å². The topological polar surface area (TPSA) is 59.4 Å². The zero-order valence-electron chi connectivity index (χ0n) is 14.9. The molecule has 1 aromatic heterocycles. The van der Waals surface area contributed by atoms with Crippen LogP contribution in [0.15, 0.2) is 42.7 Å². The van der Waals surface area contributed by atoms with Crippen LogP contribution in [0.25, 0.3) is 0 Å². The fourth-order valence-electron chi connectivity index (χ4n) is 3.13. The molecule has 1 fully saturated rings. The maximum Gasteiger partial charge on any atom is 0.317 e. The number of nitrogens with zero attached hydrogens (tertiary/aromatic N) is 3. The van der Waals surface area contributed by atoms with E-state index in [0.29, 0.717) is 19.6 Å². The molecule has 1 N–H and O–H groups in total. The standard InChI is InChI=1S/C19H26N4O2/c1-3-17-14-23(12-15(2)25-17)19(24)21-11-18-20-9-10-22(18)13-16-7-5-4-6-8-16/h4-10,15,17H,3,11-14H2,1-2H3,(H,21,24)/t15-,17-/m0/s1. The molecule has 0 spiro atoms. The van der Waals surface area contributed by atoms with Crippen LogP contribution in [-0.2, 0) is 17.8 Å². The van der Waals surface area contributed by atoms with Crippen molar-refractivity contribution < 1.29 is 9.53 Å². The first-order chi connectivity index (χ1) is 12.2. The van der Waals surface area contributed by atoms with Gasteiger partial charge in [0.15, 0.2) is 0 Å². The Morgan fingerprint density at radius 2 is 2.12 bits per heavy atom. The molecule has 1 aliphatic heterocycles. The van der Waals surface area contributed by atoms with Crippen LogP contribution in [0.4, 0.5) is 4.79 Å². The van der Waals surface area contributed by atoms with Gasteiger partial charge in [-0.15, -0.1) is 0 Å². The minimum Gasteiger partial charge on any atom is -0.372 e. The van der Waals surface area contributed by atoms with Crippen molar-refractivity contribution in [3.8, 4) is 0 Å². The lowest BCUT2D eigenvalue weighted by Crippen LogP contribution is -2.52. The first-order valence-corrected chi connectivity index (χ1v) is 8.88. The Hall–Kier alpha value is -2.34. The lowest BCUT2D eigenvalue weighted by molar-refractivity contribution is -0.0646. The van der Waals surface area contributed by atoms with Gasteiger partial charge in [0, 0.05) is 32.0 Å². The molecule has 0 saturated carbocycles. The Kier molecular flexibility index (Phi) is 5.71. The molecule has 25 heavy (non-hydrogen) atoms. The fraction of sp³-hybridized carbons (Fsp3) is 0.474. The third-order valence-electron chi connectivity index (χ3n) is 4.46. The monoisotopic (exact) mass is 342 g/mol. The van der Waals surface area contributed by atoms with E-state index in [0.717, 1.165) is 18.8 Å². The van der Waals surface area contributed by atoms with E-state index in [9.17, 15) is 4.79 Å². The number of aromatic nitrogens is 2. The summed E-state index contributed by atoms with van der Waals surface area (Å²) in [6.07, 6.45) is 4.82. The van der Waals surface area contributed by atoms with Crippen LogP contribution >= 0.6 is 0 Å². The zero-order chi connectivity index (χ0) is 17.6. The van der Waals surface area contributed by atoms with Crippen LogP contribution in [0.1, 0.15) is 31.7 Å². The minimum atomic E-state index is -0.0529. The second-order valence-corrected chi connectivity index (χ2v) is 6.50. The van der Waals surface area contributed by atoms with Crippen molar-refractivity contribution in [1.29, 1.82) is 0 Å². The highest BCUT2D eigenvalue weighted by atomic mass is 16.5. The van der Waals surface area contributed by atoms with Gasteiger partial charge < -0.3 is 19.5 Å². The minimum absolute atomic E-state index is 0.0529. The highest BCUT2D eigenvalue weighted by molar-refractivity contribution is 5.74. The van der Waals surface area contributed by atoms with Crippen LogP contribution < -0.4 is 5.32 Å². The fourth-order valence-corrected chi connectivity index (χ4v) is 3.13. The van der Waals surface area contributed by atoms with Gasteiger partial charge in [0.1, 0.15) is 5.82 Å². The van der Waals surface area contributed by atoms with Gasteiger partial charge in [-0.05, 0) is 18.9 Å². The number of hydrogen-bond donors (Lipinski definition) is 1. The molecule has 2 aromatic rings. The van der Waals surface area contributed by atoms with Gasteiger partial charge in [0.05, 0.1) is 18.8 Å². The lowest BCUT2D eigenvalue weighted by Gasteiger charge is -2.36. The summed E-state index contributed by atoms with van der Waals surface area (Å²) in [5.41, 5.74) is 1.21. The molecule has 2 heterocycles. The average Bonchev–Trinajstić information content (AvgIpc) is 3.07. The van der Waals surface area contributed by atoms with E-state index in [1.54, 1.807) is 6.20 Å². The number of carbonyl (C=O) groups is 1. The number of hydrogen-bond acceptors (Lipinski definition) is 3. The van der Waals surface area contributed by atoms with Crippen LogP contribution in [0, 0.1) is 0 Å². The molecule has 0 aliphatic carbocycles. The van der Waals surface area contributed by atoms with Crippen molar-refractivity contribution in [1.82, 2.24) is 19.8 Å². The van der Waals surface area contributed by atoms with Crippen molar-refractivity contribution >= 4 is 6.03 Å². The van der Waals surface area contributed by atoms with E-state index in [2.05, 4.69) is 33.9 Å². The van der Waals surface area contributed by atoms with Crippen LogP contribution in [0.5, 0.6) is 0 Å². The van der Waals surface area contributed by atoms with E-state index in [-0.39, 0.29) is 18.2 Å². The SMILES string of the molecule is CC[C@H]1CN(C(=O)NCc2nccn2Cc2ccccc2)C[C@H](C)O1. The van der Waals surface area contributed by atoms with Gasteiger partial charge in [-0.1, -0.05) is 37.3 Å². The summed E-state index contributed by atoms with van der Waals surface area (Å²) in [4.78, 5) is 18.7. The number of nitrogens with one attached hydrogen (secondary N) is 1. The number of amides is 2. The number of ether oxygens (including phenoxy) is 1. The third kappa shape index (κ3) is 4.60. The van der Waals surface area contributed by atoms with Crippen LogP contribution in [0.2, 0.25) is 0 Å². The van der Waals surface area contributed by atoms with Crippen LogP contribution in [-0.4, -0.2) is 45.8 Å². The van der Waals surface area contributed by atoms with Gasteiger partial charge in [-0.2, -0.15) is 0 Å². The van der Waals surface area contributed by atoms with Gasteiger partial charge in [0.2, 0.25) is 0 Å². The summed E-state index contributed by atoms with van der Waals surface area (Å²) in [5.74, 6) is 0.852.